The Morgan fingerprint density at radius 1 is 1.17 bits per heavy atom. The Kier molecular flexibility index (Phi) is 9.58. The Bertz CT molecular complexity index is 499. The fourth-order valence-corrected chi connectivity index (χ4v) is 2.37. The van der Waals surface area contributed by atoms with Crippen molar-refractivity contribution in [3.63, 3.8) is 0 Å². The van der Waals surface area contributed by atoms with Crippen LogP contribution in [0.25, 0.3) is 0 Å². The standard InChI is InChI=1S/C19H32N4O/c1-15(2)8-7-9-16(3)23-19(20)21-13-12-18(24)22-14-17-10-5-4-6-11-17/h4-6,10-11,15-16H,7-9,12-14H2,1-3H3,(H,22,24)(H3,20,21,23). The number of carbonyl (C=O) groups is 1. The van der Waals surface area contributed by atoms with Crippen molar-refractivity contribution >= 4 is 11.9 Å². The van der Waals surface area contributed by atoms with Crippen LogP contribution in [-0.4, -0.2) is 24.5 Å². The van der Waals surface area contributed by atoms with E-state index in [9.17, 15) is 4.79 Å². The van der Waals surface area contributed by atoms with E-state index < -0.39 is 0 Å². The summed E-state index contributed by atoms with van der Waals surface area (Å²) >= 11 is 0. The zero-order chi connectivity index (χ0) is 17.8. The minimum absolute atomic E-state index is 0.0135. The van der Waals surface area contributed by atoms with E-state index in [0.29, 0.717) is 31.5 Å². The summed E-state index contributed by atoms with van der Waals surface area (Å²) in [4.78, 5) is 16.0. The lowest BCUT2D eigenvalue weighted by molar-refractivity contribution is -0.121. The fraction of sp³-hybridized carbons (Fsp3) is 0.579. The first-order valence-corrected chi connectivity index (χ1v) is 8.84. The highest BCUT2D eigenvalue weighted by atomic mass is 16.1. The van der Waals surface area contributed by atoms with E-state index in [0.717, 1.165) is 17.9 Å². The van der Waals surface area contributed by atoms with Crippen LogP contribution >= 0.6 is 0 Å². The molecule has 0 bridgehead atoms. The van der Waals surface area contributed by atoms with E-state index in [4.69, 9.17) is 5.73 Å². The van der Waals surface area contributed by atoms with Gasteiger partial charge in [0, 0.05) is 19.0 Å². The molecular formula is C19H32N4O. The molecule has 24 heavy (non-hydrogen) atoms. The van der Waals surface area contributed by atoms with Gasteiger partial charge in [0.15, 0.2) is 5.96 Å². The predicted molar refractivity (Wildman–Crippen MR) is 101 cm³/mol. The summed E-state index contributed by atoms with van der Waals surface area (Å²) in [5.74, 6) is 1.14. The first kappa shape index (κ1) is 20.0. The largest absolute Gasteiger partial charge is 0.370 e. The Morgan fingerprint density at radius 2 is 1.88 bits per heavy atom. The topological polar surface area (TPSA) is 79.5 Å². The molecule has 0 saturated heterocycles. The molecule has 1 aromatic carbocycles. The molecule has 1 rings (SSSR count). The molecule has 0 fully saturated rings. The van der Waals surface area contributed by atoms with Crippen molar-refractivity contribution < 1.29 is 4.79 Å². The third-order valence-corrected chi connectivity index (χ3v) is 3.77. The van der Waals surface area contributed by atoms with Crippen LogP contribution in [0.4, 0.5) is 0 Å². The third-order valence-electron chi connectivity index (χ3n) is 3.77. The predicted octanol–water partition coefficient (Wildman–Crippen LogP) is 2.81. The maximum atomic E-state index is 11.8. The zero-order valence-corrected chi connectivity index (χ0v) is 15.2. The maximum Gasteiger partial charge on any atom is 0.222 e. The number of benzene rings is 1. The van der Waals surface area contributed by atoms with Crippen LogP contribution in [0, 0.1) is 5.92 Å². The number of hydrogen-bond donors (Lipinski definition) is 3. The van der Waals surface area contributed by atoms with Gasteiger partial charge in [-0.25, -0.2) is 0 Å². The van der Waals surface area contributed by atoms with E-state index in [1.165, 1.54) is 12.8 Å². The van der Waals surface area contributed by atoms with Crippen molar-refractivity contribution in [1.82, 2.24) is 10.6 Å². The minimum Gasteiger partial charge on any atom is -0.370 e. The van der Waals surface area contributed by atoms with Crippen molar-refractivity contribution in [2.45, 2.75) is 59.0 Å². The molecule has 0 spiro atoms. The van der Waals surface area contributed by atoms with Gasteiger partial charge in [-0.1, -0.05) is 57.0 Å². The second kappa shape index (κ2) is 11.5. The molecule has 5 nitrogen and oxygen atoms in total. The quantitative estimate of drug-likeness (QED) is 0.455. The molecule has 134 valence electrons. The number of nitrogens with one attached hydrogen (secondary N) is 2. The van der Waals surface area contributed by atoms with E-state index >= 15 is 0 Å². The molecule has 1 aromatic rings. The number of nitrogens with two attached hydrogens (primary N) is 1. The molecule has 0 aliphatic heterocycles. The zero-order valence-electron chi connectivity index (χ0n) is 15.2. The number of guanidine groups is 1. The van der Waals surface area contributed by atoms with Crippen LogP contribution in [0.3, 0.4) is 0 Å². The summed E-state index contributed by atoms with van der Waals surface area (Å²) in [6.07, 6.45) is 3.83. The lowest BCUT2D eigenvalue weighted by Crippen LogP contribution is -2.38. The third kappa shape index (κ3) is 9.87. The summed E-state index contributed by atoms with van der Waals surface area (Å²) in [5, 5.41) is 6.06. The molecule has 5 heteroatoms. The number of amides is 1. The summed E-state index contributed by atoms with van der Waals surface area (Å²) in [6.45, 7) is 7.52. The van der Waals surface area contributed by atoms with Gasteiger partial charge in [-0.15, -0.1) is 0 Å². The Morgan fingerprint density at radius 3 is 2.54 bits per heavy atom. The molecule has 4 N–H and O–H groups in total. The van der Waals surface area contributed by atoms with Crippen molar-refractivity contribution in [2.75, 3.05) is 6.54 Å². The van der Waals surface area contributed by atoms with Crippen LogP contribution in [0.5, 0.6) is 0 Å². The summed E-state index contributed by atoms with van der Waals surface area (Å²) in [7, 11) is 0. The van der Waals surface area contributed by atoms with Gasteiger partial charge in [0.25, 0.3) is 0 Å². The Hall–Kier alpha value is -2.04. The Balaban J connectivity index is 2.16. The minimum atomic E-state index is -0.0135. The van der Waals surface area contributed by atoms with Gasteiger partial charge < -0.3 is 16.4 Å². The van der Waals surface area contributed by atoms with Crippen molar-refractivity contribution in [3.8, 4) is 0 Å². The van der Waals surface area contributed by atoms with Gasteiger partial charge in [0.05, 0.1) is 6.54 Å². The van der Waals surface area contributed by atoms with Crippen LogP contribution < -0.4 is 16.4 Å². The average molecular weight is 332 g/mol. The molecule has 1 atom stereocenters. The summed E-state index contributed by atoms with van der Waals surface area (Å²) in [5.41, 5.74) is 6.95. The number of carbonyl (C=O) groups excluding carboxylic acids is 1. The van der Waals surface area contributed by atoms with Crippen LogP contribution in [0.2, 0.25) is 0 Å². The molecule has 0 radical (unpaired) electrons. The molecule has 1 amide bonds. The van der Waals surface area contributed by atoms with Crippen molar-refractivity contribution in [3.05, 3.63) is 35.9 Å². The van der Waals surface area contributed by atoms with Gasteiger partial charge in [-0.05, 0) is 24.8 Å². The normalized spacial score (nSPS) is 12.9. The molecule has 0 aliphatic carbocycles. The van der Waals surface area contributed by atoms with Gasteiger partial charge in [-0.2, -0.15) is 0 Å². The Labute approximate surface area is 146 Å². The molecule has 1 unspecified atom stereocenters. The van der Waals surface area contributed by atoms with E-state index in [1.807, 2.05) is 30.3 Å². The van der Waals surface area contributed by atoms with Gasteiger partial charge >= 0.3 is 0 Å². The first-order valence-electron chi connectivity index (χ1n) is 8.84. The molecule has 0 aliphatic rings. The second-order valence-corrected chi connectivity index (χ2v) is 6.65. The lowest BCUT2D eigenvalue weighted by Gasteiger charge is -2.15. The maximum absolute atomic E-state index is 11.8. The first-order chi connectivity index (χ1) is 11.5. The molecule has 0 saturated carbocycles. The molecule has 0 aromatic heterocycles. The monoisotopic (exact) mass is 332 g/mol. The van der Waals surface area contributed by atoms with E-state index in [1.54, 1.807) is 0 Å². The summed E-state index contributed by atoms with van der Waals surface area (Å²) in [6, 6.07) is 10.2. The number of nitrogens with zero attached hydrogens (tertiary/aromatic N) is 1. The summed E-state index contributed by atoms with van der Waals surface area (Å²) < 4.78 is 0. The van der Waals surface area contributed by atoms with Crippen LogP contribution in [0.1, 0.15) is 52.0 Å². The average Bonchev–Trinajstić information content (AvgIpc) is 2.53. The number of hydrogen-bond acceptors (Lipinski definition) is 2. The number of rotatable bonds is 10. The fourth-order valence-electron chi connectivity index (χ4n) is 2.37. The highest BCUT2D eigenvalue weighted by Gasteiger charge is 2.04. The lowest BCUT2D eigenvalue weighted by atomic mass is 10.0. The van der Waals surface area contributed by atoms with E-state index in [-0.39, 0.29) is 5.91 Å². The van der Waals surface area contributed by atoms with Gasteiger partial charge in [0.1, 0.15) is 0 Å². The number of aliphatic imine (C=N–C) groups is 1. The van der Waals surface area contributed by atoms with E-state index in [2.05, 4.69) is 36.4 Å². The van der Waals surface area contributed by atoms with Crippen LogP contribution in [0.15, 0.2) is 35.3 Å². The molecular weight excluding hydrogens is 300 g/mol. The van der Waals surface area contributed by atoms with Gasteiger partial charge in [-0.3, -0.25) is 9.79 Å². The highest BCUT2D eigenvalue weighted by Crippen LogP contribution is 2.07. The smallest absolute Gasteiger partial charge is 0.222 e. The molecule has 0 heterocycles. The second-order valence-electron chi connectivity index (χ2n) is 6.65. The highest BCUT2D eigenvalue weighted by molar-refractivity contribution is 5.79. The van der Waals surface area contributed by atoms with Crippen molar-refractivity contribution in [1.29, 1.82) is 0 Å². The SMILES string of the molecule is CC(C)CCCC(C)NC(N)=NCCC(=O)NCc1ccccc1. The van der Waals surface area contributed by atoms with Crippen LogP contribution in [-0.2, 0) is 11.3 Å². The van der Waals surface area contributed by atoms with Crippen molar-refractivity contribution in [2.24, 2.45) is 16.6 Å². The van der Waals surface area contributed by atoms with Gasteiger partial charge in [0.2, 0.25) is 5.91 Å².